The second kappa shape index (κ2) is 6.91. The van der Waals surface area contributed by atoms with Crippen molar-refractivity contribution >= 4 is 0 Å². The Hall–Kier alpha value is -1.60. The highest BCUT2D eigenvalue weighted by Gasteiger charge is 2.26. The van der Waals surface area contributed by atoms with Crippen LogP contribution in [0.25, 0.3) is 0 Å². The van der Waals surface area contributed by atoms with Crippen molar-refractivity contribution in [1.29, 1.82) is 0 Å². The van der Waals surface area contributed by atoms with Gasteiger partial charge in [-0.15, -0.1) is 0 Å². The van der Waals surface area contributed by atoms with E-state index in [1.165, 1.54) is 30.4 Å². The quantitative estimate of drug-likeness (QED) is 0.804. The fraction of sp³-hybridized carbons (Fsp3) is 0.400. The maximum atomic E-state index is 3.88. The minimum Gasteiger partial charge on any atom is -0.307 e. The zero-order valence-electron chi connectivity index (χ0n) is 12.8. The van der Waals surface area contributed by atoms with Gasteiger partial charge in [-0.1, -0.05) is 67.1 Å². The molecule has 0 radical (unpaired) electrons. The molecule has 1 fully saturated rings. The van der Waals surface area contributed by atoms with Crippen molar-refractivity contribution < 1.29 is 0 Å². The van der Waals surface area contributed by atoms with Crippen LogP contribution in [0.1, 0.15) is 43.4 Å². The molecule has 0 aromatic heterocycles. The normalized spacial score (nSPS) is 18.0. The summed E-state index contributed by atoms with van der Waals surface area (Å²) in [6, 6.07) is 22.7. The average Bonchev–Trinajstić information content (AvgIpc) is 2.47. The van der Waals surface area contributed by atoms with Gasteiger partial charge >= 0.3 is 0 Å². The van der Waals surface area contributed by atoms with Crippen molar-refractivity contribution in [3.8, 4) is 0 Å². The summed E-state index contributed by atoms with van der Waals surface area (Å²) in [5.41, 5.74) is 2.80. The molecule has 1 saturated carbocycles. The van der Waals surface area contributed by atoms with Gasteiger partial charge in [0, 0.05) is 12.1 Å². The Balaban J connectivity index is 1.74. The van der Waals surface area contributed by atoms with Crippen LogP contribution in [-0.2, 0) is 6.42 Å². The Labute approximate surface area is 128 Å². The molecular weight excluding hydrogens is 254 g/mol. The average molecular weight is 279 g/mol. The van der Waals surface area contributed by atoms with E-state index in [-0.39, 0.29) is 0 Å². The van der Waals surface area contributed by atoms with E-state index in [1.54, 1.807) is 0 Å². The third kappa shape index (κ3) is 3.74. The predicted molar refractivity (Wildman–Crippen MR) is 89.3 cm³/mol. The number of hydrogen-bond donors (Lipinski definition) is 1. The second-order valence-corrected chi connectivity index (χ2v) is 6.30. The zero-order valence-corrected chi connectivity index (χ0v) is 12.8. The Morgan fingerprint density at radius 3 is 2.14 bits per heavy atom. The number of hydrogen-bond acceptors (Lipinski definition) is 1. The van der Waals surface area contributed by atoms with Crippen molar-refractivity contribution in [3.05, 3.63) is 71.8 Å². The SMILES string of the molecule is CC(NC(Cc1ccccc1)c1ccccc1)C1CCC1. The van der Waals surface area contributed by atoms with E-state index in [2.05, 4.69) is 72.9 Å². The molecule has 0 heterocycles. The molecule has 0 amide bonds. The molecular formula is C20H25N. The van der Waals surface area contributed by atoms with Crippen LogP contribution in [0, 0.1) is 5.92 Å². The molecule has 0 saturated heterocycles. The Morgan fingerprint density at radius 1 is 0.952 bits per heavy atom. The summed E-state index contributed by atoms with van der Waals surface area (Å²) >= 11 is 0. The summed E-state index contributed by atoms with van der Waals surface area (Å²) in [4.78, 5) is 0. The summed E-state index contributed by atoms with van der Waals surface area (Å²) in [6.45, 7) is 2.35. The number of nitrogens with one attached hydrogen (secondary N) is 1. The van der Waals surface area contributed by atoms with Gasteiger partial charge in [0.05, 0.1) is 0 Å². The fourth-order valence-corrected chi connectivity index (χ4v) is 3.20. The topological polar surface area (TPSA) is 12.0 Å². The maximum absolute atomic E-state index is 3.88. The van der Waals surface area contributed by atoms with Crippen molar-refractivity contribution in [1.82, 2.24) is 5.32 Å². The molecule has 1 heteroatoms. The standard InChI is InChI=1S/C20H25N/c1-16(18-13-8-14-18)21-20(19-11-6-3-7-12-19)15-17-9-4-2-5-10-17/h2-7,9-12,16,18,20-21H,8,13-15H2,1H3. The van der Waals surface area contributed by atoms with Gasteiger partial charge in [0.1, 0.15) is 0 Å². The van der Waals surface area contributed by atoms with E-state index >= 15 is 0 Å². The molecule has 2 atom stereocenters. The first-order valence-corrected chi connectivity index (χ1v) is 8.18. The summed E-state index contributed by atoms with van der Waals surface area (Å²) in [5.74, 6) is 0.868. The van der Waals surface area contributed by atoms with E-state index in [1.807, 2.05) is 0 Å². The summed E-state index contributed by atoms with van der Waals surface area (Å²) in [5, 5.41) is 3.88. The van der Waals surface area contributed by atoms with Gasteiger partial charge in [0.2, 0.25) is 0 Å². The molecule has 0 bridgehead atoms. The van der Waals surface area contributed by atoms with Gasteiger partial charge in [0.15, 0.2) is 0 Å². The third-order valence-electron chi connectivity index (χ3n) is 4.81. The van der Waals surface area contributed by atoms with Crippen LogP contribution < -0.4 is 5.32 Å². The monoisotopic (exact) mass is 279 g/mol. The molecule has 0 spiro atoms. The summed E-state index contributed by atoms with van der Waals surface area (Å²) in [7, 11) is 0. The molecule has 2 aromatic carbocycles. The van der Waals surface area contributed by atoms with E-state index in [0.717, 1.165) is 12.3 Å². The maximum Gasteiger partial charge on any atom is 0.0363 e. The smallest absolute Gasteiger partial charge is 0.0363 e. The van der Waals surface area contributed by atoms with E-state index < -0.39 is 0 Å². The molecule has 1 N–H and O–H groups in total. The zero-order chi connectivity index (χ0) is 14.5. The van der Waals surface area contributed by atoms with Gasteiger partial charge in [0.25, 0.3) is 0 Å². The van der Waals surface area contributed by atoms with Crippen molar-refractivity contribution in [2.45, 2.75) is 44.7 Å². The lowest BCUT2D eigenvalue weighted by Crippen LogP contribution is -2.40. The van der Waals surface area contributed by atoms with Gasteiger partial charge in [-0.25, -0.2) is 0 Å². The highest BCUT2D eigenvalue weighted by molar-refractivity contribution is 5.24. The predicted octanol–water partition coefficient (Wildman–Crippen LogP) is 4.75. The molecule has 1 aliphatic carbocycles. The van der Waals surface area contributed by atoms with E-state index in [0.29, 0.717) is 12.1 Å². The molecule has 21 heavy (non-hydrogen) atoms. The molecule has 2 aromatic rings. The van der Waals surface area contributed by atoms with Crippen molar-refractivity contribution in [3.63, 3.8) is 0 Å². The first-order valence-electron chi connectivity index (χ1n) is 8.18. The molecule has 1 nitrogen and oxygen atoms in total. The first kappa shape index (κ1) is 14.3. The Kier molecular flexibility index (Phi) is 4.72. The lowest BCUT2D eigenvalue weighted by Gasteiger charge is -2.35. The van der Waals surface area contributed by atoms with E-state index in [9.17, 15) is 0 Å². The van der Waals surface area contributed by atoms with Crippen LogP contribution in [0.2, 0.25) is 0 Å². The van der Waals surface area contributed by atoms with Crippen LogP contribution in [0.15, 0.2) is 60.7 Å². The minimum atomic E-state index is 0.407. The third-order valence-corrected chi connectivity index (χ3v) is 4.81. The van der Waals surface area contributed by atoms with Crippen LogP contribution in [0.3, 0.4) is 0 Å². The Bertz CT molecular complexity index is 530. The largest absolute Gasteiger partial charge is 0.307 e. The molecule has 3 rings (SSSR count). The van der Waals surface area contributed by atoms with Crippen LogP contribution >= 0.6 is 0 Å². The van der Waals surface area contributed by atoms with E-state index in [4.69, 9.17) is 0 Å². The highest BCUT2D eigenvalue weighted by atomic mass is 15.0. The van der Waals surface area contributed by atoms with Gasteiger partial charge in [-0.3, -0.25) is 0 Å². The van der Waals surface area contributed by atoms with Crippen molar-refractivity contribution in [2.75, 3.05) is 0 Å². The highest BCUT2D eigenvalue weighted by Crippen LogP contribution is 2.31. The fourth-order valence-electron chi connectivity index (χ4n) is 3.20. The van der Waals surface area contributed by atoms with Gasteiger partial charge < -0.3 is 5.32 Å². The molecule has 1 aliphatic rings. The van der Waals surface area contributed by atoms with Gasteiger partial charge in [-0.05, 0) is 43.2 Å². The lowest BCUT2D eigenvalue weighted by atomic mass is 9.80. The second-order valence-electron chi connectivity index (χ2n) is 6.30. The molecule has 0 aliphatic heterocycles. The Morgan fingerprint density at radius 2 is 1.57 bits per heavy atom. The first-order chi connectivity index (χ1) is 10.3. The van der Waals surface area contributed by atoms with Crippen LogP contribution in [0.5, 0.6) is 0 Å². The van der Waals surface area contributed by atoms with Crippen LogP contribution in [0.4, 0.5) is 0 Å². The number of rotatable bonds is 6. The van der Waals surface area contributed by atoms with Gasteiger partial charge in [-0.2, -0.15) is 0 Å². The number of benzene rings is 2. The lowest BCUT2D eigenvalue weighted by molar-refractivity contribution is 0.226. The minimum absolute atomic E-state index is 0.407. The van der Waals surface area contributed by atoms with Crippen molar-refractivity contribution in [2.24, 2.45) is 5.92 Å². The summed E-state index contributed by atoms with van der Waals surface area (Å²) in [6.07, 6.45) is 5.25. The molecule has 110 valence electrons. The molecule has 2 unspecified atom stereocenters. The van der Waals surface area contributed by atoms with Crippen LogP contribution in [-0.4, -0.2) is 6.04 Å². The summed E-state index contributed by atoms with van der Waals surface area (Å²) < 4.78 is 0.